The maximum Gasteiger partial charge on any atom is 0.288 e. The van der Waals surface area contributed by atoms with Crippen LogP contribution < -0.4 is 15.8 Å². The summed E-state index contributed by atoms with van der Waals surface area (Å²) < 4.78 is 0. The number of hydrogen-bond acceptors (Lipinski definition) is 4. The Morgan fingerprint density at radius 1 is 1.12 bits per heavy atom. The van der Waals surface area contributed by atoms with Gasteiger partial charge in [0.15, 0.2) is 0 Å². The number of nitrogens with one attached hydrogen (secondary N) is 2. The summed E-state index contributed by atoms with van der Waals surface area (Å²) in [7, 11) is 0. The zero-order valence-electron chi connectivity index (χ0n) is 13.4. The first-order valence-corrected chi connectivity index (χ1v) is 7.75. The number of nitrogens with zero attached hydrogens (tertiary/aromatic N) is 2. The van der Waals surface area contributed by atoms with Crippen molar-refractivity contribution in [2.45, 2.75) is 0 Å². The van der Waals surface area contributed by atoms with Crippen LogP contribution in [0.3, 0.4) is 0 Å². The molecule has 2 aromatic carbocycles. The number of amidine groups is 1. The number of hydrogen-bond donors (Lipinski definition) is 2. The molecule has 0 saturated heterocycles. The lowest BCUT2D eigenvalue weighted by atomic mass is 10.2. The molecule has 2 N–H and O–H groups in total. The first-order valence-electron chi connectivity index (χ1n) is 7.75. The number of rotatable bonds is 3. The molecule has 124 valence electrons. The first-order chi connectivity index (χ1) is 12.2. The third-order valence-electron chi connectivity index (χ3n) is 3.41. The summed E-state index contributed by atoms with van der Waals surface area (Å²) >= 11 is 0. The van der Waals surface area contributed by atoms with Gasteiger partial charge in [-0.1, -0.05) is 48.2 Å². The molecule has 25 heavy (non-hydrogen) atoms. The Balaban J connectivity index is 1.59. The van der Waals surface area contributed by atoms with E-state index in [9.17, 15) is 9.59 Å². The van der Waals surface area contributed by atoms with Gasteiger partial charge in [-0.15, -0.1) is 0 Å². The van der Waals surface area contributed by atoms with Crippen molar-refractivity contribution in [3.8, 4) is 11.8 Å². The fraction of sp³-hybridized carbons (Fsp3) is 0.105. The first kappa shape index (κ1) is 16.3. The van der Waals surface area contributed by atoms with Crippen LogP contribution in [0, 0.1) is 11.8 Å². The van der Waals surface area contributed by atoms with Gasteiger partial charge in [-0.25, -0.2) is 5.01 Å². The highest BCUT2D eigenvalue weighted by atomic mass is 16.2. The summed E-state index contributed by atoms with van der Waals surface area (Å²) in [5, 5.41) is 3.98. The quantitative estimate of drug-likeness (QED) is 0.827. The maximum absolute atomic E-state index is 12.2. The fourth-order valence-electron chi connectivity index (χ4n) is 2.21. The summed E-state index contributed by atoms with van der Waals surface area (Å²) in [5.74, 6) is 5.28. The SMILES string of the molecule is O=C(NCC#Cc1ccccc1)C1=NCC(=O)N(c2ccccc2)N1. The molecule has 0 radical (unpaired) electrons. The van der Waals surface area contributed by atoms with Crippen molar-refractivity contribution in [3.63, 3.8) is 0 Å². The topological polar surface area (TPSA) is 73.8 Å². The molecule has 1 aliphatic rings. The largest absolute Gasteiger partial charge is 0.338 e. The van der Waals surface area contributed by atoms with Crippen molar-refractivity contribution in [2.75, 3.05) is 18.1 Å². The summed E-state index contributed by atoms with van der Waals surface area (Å²) in [6, 6.07) is 18.5. The van der Waals surface area contributed by atoms with E-state index in [1.54, 1.807) is 12.1 Å². The van der Waals surface area contributed by atoms with E-state index >= 15 is 0 Å². The van der Waals surface area contributed by atoms with E-state index in [1.165, 1.54) is 5.01 Å². The molecular formula is C19H16N4O2. The lowest BCUT2D eigenvalue weighted by molar-refractivity contribution is -0.118. The third kappa shape index (κ3) is 4.24. The van der Waals surface area contributed by atoms with Crippen LogP contribution in [0.25, 0.3) is 0 Å². The second-order valence-electron chi connectivity index (χ2n) is 5.19. The number of benzene rings is 2. The molecule has 6 nitrogen and oxygen atoms in total. The molecule has 0 aliphatic carbocycles. The molecule has 0 saturated carbocycles. The molecule has 0 bridgehead atoms. The molecule has 0 spiro atoms. The zero-order chi connectivity index (χ0) is 17.5. The number of carbonyl (C=O) groups excluding carboxylic acids is 2. The maximum atomic E-state index is 12.2. The number of aliphatic imine (C=N–C) groups is 1. The Hall–Kier alpha value is -3.59. The van der Waals surface area contributed by atoms with Crippen molar-refractivity contribution in [1.82, 2.24) is 10.7 Å². The average molecular weight is 332 g/mol. The van der Waals surface area contributed by atoms with Crippen LogP contribution in [-0.2, 0) is 9.59 Å². The molecule has 1 heterocycles. The van der Waals surface area contributed by atoms with Crippen molar-refractivity contribution in [2.24, 2.45) is 4.99 Å². The molecule has 0 unspecified atom stereocenters. The number of anilines is 1. The molecule has 0 fully saturated rings. The Labute approximate surface area is 145 Å². The van der Waals surface area contributed by atoms with Gasteiger partial charge >= 0.3 is 0 Å². The summed E-state index contributed by atoms with van der Waals surface area (Å²) in [6.45, 7) is 0.105. The predicted octanol–water partition coefficient (Wildman–Crippen LogP) is 1.10. The lowest BCUT2D eigenvalue weighted by Gasteiger charge is -2.27. The van der Waals surface area contributed by atoms with Gasteiger partial charge in [-0.2, -0.15) is 0 Å². The Kier molecular flexibility index (Phi) is 5.07. The van der Waals surface area contributed by atoms with Crippen molar-refractivity contribution in [3.05, 3.63) is 66.2 Å². The predicted molar refractivity (Wildman–Crippen MR) is 95.7 cm³/mol. The highest BCUT2D eigenvalue weighted by Gasteiger charge is 2.24. The van der Waals surface area contributed by atoms with Gasteiger partial charge in [0.05, 0.1) is 12.2 Å². The van der Waals surface area contributed by atoms with Gasteiger partial charge in [0.1, 0.15) is 6.54 Å². The van der Waals surface area contributed by atoms with Gasteiger partial charge < -0.3 is 5.32 Å². The number of hydrazine groups is 1. The summed E-state index contributed by atoms with van der Waals surface area (Å²) in [4.78, 5) is 28.1. The minimum atomic E-state index is -0.407. The Morgan fingerprint density at radius 2 is 1.80 bits per heavy atom. The molecule has 6 heteroatoms. The highest BCUT2D eigenvalue weighted by molar-refractivity contribution is 6.39. The monoisotopic (exact) mass is 332 g/mol. The van der Waals surface area contributed by atoms with Crippen LogP contribution in [0.2, 0.25) is 0 Å². The lowest BCUT2D eigenvalue weighted by Crippen LogP contribution is -2.55. The van der Waals surface area contributed by atoms with Crippen molar-refractivity contribution in [1.29, 1.82) is 0 Å². The standard InChI is InChI=1S/C19H16N4O2/c24-17-14-21-18(22-23(17)16-11-5-2-6-12-16)19(25)20-13-7-10-15-8-3-1-4-9-15/h1-6,8-9,11-12H,13-14H2,(H,20,25)(H,21,22). The second kappa shape index (κ2) is 7.79. The van der Waals surface area contributed by atoms with Crippen LogP contribution in [-0.4, -0.2) is 30.7 Å². The number of para-hydroxylation sites is 1. The minimum Gasteiger partial charge on any atom is -0.338 e. The van der Waals surface area contributed by atoms with Crippen LogP contribution in [0.15, 0.2) is 65.7 Å². The summed E-state index contributed by atoms with van der Waals surface area (Å²) in [5.41, 5.74) is 4.28. The molecule has 2 aromatic rings. The van der Waals surface area contributed by atoms with Crippen LogP contribution in [0.1, 0.15) is 5.56 Å². The van der Waals surface area contributed by atoms with Gasteiger partial charge in [0, 0.05) is 5.56 Å². The van der Waals surface area contributed by atoms with E-state index in [1.807, 2.05) is 48.5 Å². The van der Waals surface area contributed by atoms with Crippen LogP contribution in [0.5, 0.6) is 0 Å². The van der Waals surface area contributed by atoms with Crippen molar-refractivity contribution >= 4 is 23.3 Å². The molecule has 0 aromatic heterocycles. The van der Waals surface area contributed by atoms with E-state index in [-0.39, 0.29) is 24.8 Å². The number of amides is 2. The molecule has 0 atom stereocenters. The molecule has 3 rings (SSSR count). The molecule has 2 amide bonds. The zero-order valence-corrected chi connectivity index (χ0v) is 13.4. The van der Waals surface area contributed by atoms with E-state index in [0.29, 0.717) is 5.69 Å². The van der Waals surface area contributed by atoms with Crippen LogP contribution in [0.4, 0.5) is 5.69 Å². The van der Waals surface area contributed by atoms with Gasteiger partial charge in [-0.05, 0) is 24.3 Å². The van der Waals surface area contributed by atoms with Gasteiger partial charge in [-0.3, -0.25) is 20.0 Å². The molecule has 1 aliphatic heterocycles. The number of carbonyl (C=O) groups is 2. The van der Waals surface area contributed by atoms with Gasteiger partial charge in [0.2, 0.25) is 5.84 Å². The highest BCUT2D eigenvalue weighted by Crippen LogP contribution is 2.12. The van der Waals surface area contributed by atoms with Crippen molar-refractivity contribution < 1.29 is 9.59 Å². The van der Waals surface area contributed by atoms with E-state index in [2.05, 4.69) is 27.6 Å². The van der Waals surface area contributed by atoms with E-state index in [0.717, 1.165) is 5.56 Å². The average Bonchev–Trinajstić information content (AvgIpc) is 2.67. The smallest absolute Gasteiger partial charge is 0.288 e. The summed E-state index contributed by atoms with van der Waals surface area (Å²) in [6.07, 6.45) is 0. The normalized spacial score (nSPS) is 13.2. The Bertz CT molecular complexity index is 851. The van der Waals surface area contributed by atoms with E-state index in [4.69, 9.17) is 0 Å². The second-order valence-corrected chi connectivity index (χ2v) is 5.19. The minimum absolute atomic E-state index is 0.0830. The Morgan fingerprint density at radius 3 is 2.52 bits per heavy atom. The van der Waals surface area contributed by atoms with E-state index < -0.39 is 5.91 Å². The molecular weight excluding hydrogens is 316 g/mol. The van der Waals surface area contributed by atoms with Gasteiger partial charge in [0.25, 0.3) is 11.8 Å². The van der Waals surface area contributed by atoms with Crippen LogP contribution >= 0.6 is 0 Å². The fourth-order valence-corrected chi connectivity index (χ4v) is 2.21. The third-order valence-corrected chi connectivity index (χ3v) is 3.41.